The maximum atomic E-state index is 12.9. The molecule has 3 unspecified atom stereocenters. The van der Waals surface area contributed by atoms with E-state index in [1.54, 1.807) is 0 Å². The highest BCUT2D eigenvalue weighted by Gasteiger charge is 2.64. The number of likely N-dealkylation sites (tertiary alicyclic amines) is 1. The lowest BCUT2D eigenvalue weighted by Crippen LogP contribution is -3.15. The number of aliphatic hydroxyl groups is 1. The lowest BCUT2D eigenvalue weighted by Gasteiger charge is -2.48. The van der Waals surface area contributed by atoms with Crippen molar-refractivity contribution in [2.24, 2.45) is 16.7 Å². The second-order valence-corrected chi connectivity index (χ2v) is 8.12. The van der Waals surface area contributed by atoms with Gasteiger partial charge in [-0.25, -0.2) is 0 Å². The Morgan fingerprint density at radius 2 is 1.92 bits per heavy atom. The number of hydrogen-bond donors (Lipinski definition) is 2. The summed E-state index contributed by atoms with van der Waals surface area (Å²) >= 11 is 0. The number of quaternary nitrogens is 1. The Kier molecular flexibility index (Phi) is 5.65. The van der Waals surface area contributed by atoms with Crippen LogP contribution in [0.25, 0.3) is 0 Å². The molecule has 6 nitrogen and oxygen atoms in total. The van der Waals surface area contributed by atoms with Crippen LogP contribution >= 0.6 is 0 Å². The summed E-state index contributed by atoms with van der Waals surface area (Å²) in [6, 6.07) is 0. The van der Waals surface area contributed by atoms with Crippen molar-refractivity contribution in [1.29, 1.82) is 0 Å². The van der Waals surface area contributed by atoms with Crippen molar-refractivity contribution in [3.63, 3.8) is 0 Å². The van der Waals surface area contributed by atoms with Crippen LogP contribution in [0.5, 0.6) is 0 Å². The maximum absolute atomic E-state index is 12.9. The first-order valence-corrected chi connectivity index (χ1v) is 8.72. The van der Waals surface area contributed by atoms with E-state index in [-0.39, 0.29) is 42.1 Å². The van der Waals surface area contributed by atoms with E-state index in [1.807, 2.05) is 20.8 Å². The molecular formula is C17H29ClN2O4. The van der Waals surface area contributed by atoms with Crippen molar-refractivity contribution in [2.45, 2.75) is 39.7 Å². The van der Waals surface area contributed by atoms with E-state index in [4.69, 9.17) is 4.74 Å². The Balaban J connectivity index is 0.00000208. The fraction of sp³-hybridized carbons (Fsp3) is 0.882. The number of halogens is 1. The van der Waals surface area contributed by atoms with Crippen LogP contribution in [-0.4, -0.2) is 67.3 Å². The number of piperidine rings is 1. The first-order chi connectivity index (χ1) is 10.8. The Bertz CT molecular complexity index is 507. The highest BCUT2D eigenvalue weighted by Crippen LogP contribution is 2.59. The van der Waals surface area contributed by atoms with Gasteiger partial charge in [-0.05, 0) is 18.3 Å². The zero-order valence-electron chi connectivity index (χ0n) is 14.8. The van der Waals surface area contributed by atoms with E-state index in [0.29, 0.717) is 19.8 Å². The lowest BCUT2D eigenvalue weighted by atomic mass is 9.62. The fourth-order valence-corrected chi connectivity index (χ4v) is 4.55. The number of nitrogens with zero attached hydrogens (tertiary/aromatic N) is 1. The number of carbonyl (C=O) groups excluding carboxylic acids is 2. The van der Waals surface area contributed by atoms with E-state index in [9.17, 15) is 14.7 Å². The zero-order chi connectivity index (χ0) is 16.8. The number of hydrogen-bond acceptors (Lipinski definition) is 4. The van der Waals surface area contributed by atoms with Gasteiger partial charge in [0.05, 0.1) is 25.2 Å². The van der Waals surface area contributed by atoms with Crippen LogP contribution in [0, 0.1) is 16.7 Å². The Labute approximate surface area is 149 Å². The molecule has 0 aromatic heterocycles. The van der Waals surface area contributed by atoms with Crippen LogP contribution in [-0.2, 0) is 14.3 Å². The maximum Gasteiger partial charge on any atom is 0.235 e. The average molecular weight is 361 g/mol. The molecule has 7 heteroatoms. The fourth-order valence-electron chi connectivity index (χ4n) is 4.55. The average Bonchev–Trinajstić information content (AvgIpc) is 2.70. The normalized spacial score (nSPS) is 34.2. The number of nitrogens with one attached hydrogen (secondary N) is 1. The summed E-state index contributed by atoms with van der Waals surface area (Å²) in [4.78, 5) is 28.3. The molecule has 2 bridgehead atoms. The summed E-state index contributed by atoms with van der Waals surface area (Å²) in [5.74, 6) is -0.295. The predicted octanol–water partition coefficient (Wildman–Crippen LogP) is -3.92. The van der Waals surface area contributed by atoms with Crippen molar-refractivity contribution >= 4 is 11.8 Å². The summed E-state index contributed by atoms with van der Waals surface area (Å²) in [5, 5.41) is 10.4. The Morgan fingerprint density at radius 3 is 2.54 bits per heavy atom. The van der Waals surface area contributed by atoms with Crippen LogP contribution < -0.4 is 17.3 Å². The number of ether oxygens (including phenoxy) is 1. The summed E-state index contributed by atoms with van der Waals surface area (Å²) in [6.45, 7) is 9.89. The first kappa shape index (κ1) is 19.6. The second kappa shape index (κ2) is 6.90. The molecule has 0 spiro atoms. The molecule has 0 aromatic rings. The molecule has 1 saturated carbocycles. The van der Waals surface area contributed by atoms with Crippen molar-refractivity contribution in [3.05, 3.63) is 0 Å². The van der Waals surface area contributed by atoms with E-state index in [2.05, 4.69) is 0 Å². The second-order valence-electron chi connectivity index (χ2n) is 8.12. The predicted molar refractivity (Wildman–Crippen MR) is 83.7 cm³/mol. The molecule has 24 heavy (non-hydrogen) atoms. The molecule has 1 aliphatic carbocycles. The third-order valence-electron chi connectivity index (χ3n) is 6.63. The van der Waals surface area contributed by atoms with E-state index >= 15 is 0 Å². The number of rotatable bonds is 4. The van der Waals surface area contributed by atoms with Crippen LogP contribution in [0.4, 0.5) is 0 Å². The molecule has 2 N–H and O–H groups in total. The van der Waals surface area contributed by atoms with Gasteiger partial charge < -0.3 is 27.2 Å². The number of β-amino-alcohol motifs (C(OH)–C–C–N with tert-alkyl or cyclic N) is 1. The van der Waals surface area contributed by atoms with Gasteiger partial charge in [-0.1, -0.05) is 20.8 Å². The van der Waals surface area contributed by atoms with Gasteiger partial charge in [0.25, 0.3) is 0 Å². The van der Waals surface area contributed by atoms with Gasteiger partial charge in [0.2, 0.25) is 11.8 Å². The van der Waals surface area contributed by atoms with Crippen LogP contribution in [0.1, 0.15) is 33.6 Å². The van der Waals surface area contributed by atoms with Crippen molar-refractivity contribution in [1.82, 2.24) is 4.90 Å². The molecule has 138 valence electrons. The monoisotopic (exact) mass is 360 g/mol. The Hall–Kier alpha value is -0.690. The van der Waals surface area contributed by atoms with Gasteiger partial charge in [-0.2, -0.15) is 0 Å². The number of amides is 2. The molecule has 2 heterocycles. The van der Waals surface area contributed by atoms with E-state index < -0.39 is 11.5 Å². The van der Waals surface area contributed by atoms with Crippen molar-refractivity contribution in [2.75, 3.05) is 39.4 Å². The smallest absolute Gasteiger partial charge is 0.235 e. The third kappa shape index (κ3) is 2.98. The topological polar surface area (TPSA) is 71.3 Å². The van der Waals surface area contributed by atoms with Gasteiger partial charge in [-0.3, -0.25) is 14.5 Å². The summed E-state index contributed by atoms with van der Waals surface area (Å²) in [5.41, 5.74) is -0.783. The number of fused-ring (bicyclic) bond motifs is 2. The van der Waals surface area contributed by atoms with Crippen LogP contribution in [0.3, 0.4) is 0 Å². The van der Waals surface area contributed by atoms with Gasteiger partial charge in [0, 0.05) is 5.92 Å². The zero-order valence-corrected chi connectivity index (χ0v) is 15.6. The summed E-state index contributed by atoms with van der Waals surface area (Å²) in [7, 11) is 0. The highest BCUT2D eigenvalue weighted by atomic mass is 35.5. The minimum absolute atomic E-state index is 0. The quantitative estimate of drug-likeness (QED) is 0.503. The SMILES string of the molecule is CC12CCC(C(=O)N(CC(O)C[NH+]3CCOCC3)C1=O)C2(C)C.[Cl-]. The largest absolute Gasteiger partial charge is 1.00 e. The molecule has 2 saturated heterocycles. The van der Waals surface area contributed by atoms with Gasteiger partial charge in [0.1, 0.15) is 25.7 Å². The molecular weight excluding hydrogens is 332 g/mol. The van der Waals surface area contributed by atoms with Crippen LogP contribution in [0.15, 0.2) is 0 Å². The van der Waals surface area contributed by atoms with Gasteiger partial charge in [-0.15, -0.1) is 0 Å². The third-order valence-corrected chi connectivity index (χ3v) is 6.63. The summed E-state index contributed by atoms with van der Waals surface area (Å²) < 4.78 is 5.32. The molecule has 2 aliphatic heterocycles. The van der Waals surface area contributed by atoms with Gasteiger partial charge in [0.15, 0.2) is 0 Å². The molecule has 3 rings (SSSR count). The van der Waals surface area contributed by atoms with E-state index in [1.165, 1.54) is 9.80 Å². The number of imide groups is 1. The number of carbonyl (C=O) groups is 2. The lowest BCUT2D eigenvalue weighted by molar-refractivity contribution is -0.910. The standard InChI is InChI=1S/C17H28N2O4.ClH/c1-16(2)13-4-5-17(16,3)15(22)19(14(13)21)11-12(20)10-18-6-8-23-9-7-18;/h12-13,20H,4-11H2,1-3H3;1H. The minimum atomic E-state index is -0.666. The molecule has 3 atom stereocenters. The first-order valence-electron chi connectivity index (χ1n) is 8.72. The Morgan fingerprint density at radius 1 is 1.29 bits per heavy atom. The van der Waals surface area contributed by atoms with Crippen molar-refractivity contribution in [3.8, 4) is 0 Å². The minimum Gasteiger partial charge on any atom is -1.00 e. The molecule has 0 radical (unpaired) electrons. The highest BCUT2D eigenvalue weighted by molar-refractivity contribution is 6.03. The van der Waals surface area contributed by atoms with Gasteiger partial charge >= 0.3 is 0 Å². The van der Waals surface area contributed by atoms with Crippen LogP contribution in [0.2, 0.25) is 0 Å². The number of morpholine rings is 1. The molecule has 0 aromatic carbocycles. The number of aliphatic hydroxyl groups excluding tert-OH is 1. The molecule has 3 aliphatic rings. The van der Waals surface area contributed by atoms with E-state index in [0.717, 1.165) is 25.9 Å². The molecule has 3 fully saturated rings. The summed E-state index contributed by atoms with van der Waals surface area (Å²) in [6.07, 6.45) is 0.867. The molecule has 2 amide bonds. The van der Waals surface area contributed by atoms with Crippen molar-refractivity contribution < 1.29 is 36.7 Å².